The molecule has 0 fully saturated rings. The van der Waals surface area contributed by atoms with Crippen molar-refractivity contribution in [3.05, 3.63) is 18.2 Å². The number of rotatable bonds is 14. The number of benzene rings is 1. The monoisotopic (exact) mass is 399 g/mol. The first-order valence-electron chi connectivity index (χ1n) is 9.45. The Kier molecular flexibility index (Phi) is 11.5. The van der Waals surface area contributed by atoms with Crippen LogP contribution in [-0.2, 0) is 9.47 Å². The maximum Gasteiger partial charge on any atom is 0.161 e. The van der Waals surface area contributed by atoms with Crippen molar-refractivity contribution in [2.75, 3.05) is 40.8 Å². The zero-order valence-corrected chi connectivity index (χ0v) is 19.0. The molecule has 0 aliphatic carbocycles. The SMILES string of the molecule is COC(OC)[Si]CCCCCCCCOc1ccc(O)cc1[P+](C)(C)C. The first-order valence-corrected chi connectivity index (χ1v) is 13.9. The van der Waals surface area contributed by atoms with Gasteiger partial charge in [-0.05, 0) is 18.6 Å². The number of methoxy groups -OCH3 is 2. The van der Waals surface area contributed by atoms with Gasteiger partial charge in [0, 0.05) is 27.5 Å². The summed E-state index contributed by atoms with van der Waals surface area (Å²) in [6.45, 7) is 7.49. The number of ether oxygens (including phenoxy) is 3. The maximum atomic E-state index is 9.74. The van der Waals surface area contributed by atoms with E-state index in [1.165, 1.54) is 43.5 Å². The van der Waals surface area contributed by atoms with Crippen molar-refractivity contribution in [1.29, 1.82) is 0 Å². The highest BCUT2D eigenvalue weighted by Crippen LogP contribution is 2.48. The van der Waals surface area contributed by atoms with Crippen LogP contribution in [0.5, 0.6) is 11.5 Å². The Bertz CT molecular complexity index is 501. The minimum atomic E-state index is -1.22. The van der Waals surface area contributed by atoms with Crippen molar-refractivity contribution in [3.8, 4) is 11.5 Å². The quantitative estimate of drug-likeness (QED) is 0.219. The van der Waals surface area contributed by atoms with Crippen LogP contribution in [0.25, 0.3) is 0 Å². The highest BCUT2D eigenvalue weighted by molar-refractivity contribution is 7.81. The van der Waals surface area contributed by atoms with Crippen molar-refractivity contribution >= 4 is 22.1 Å². The normalized spacial score (nSPS) is 11.9. The highest BCUT2D eigenvalue weighted by Gasteiger charge is 2.26. The minimum Gasteiger partial charge on any atom is -0.508 e. The number of hydrogen-bond acceptors (Lipinski definition) is 4. The molecule has 148 valence electrons. The summed E-state index contributed by atoms with van der Waals surface area (Å²) in [4.78, 5) is 0. The Morgan fingerprint density at radius 1 is 0.962 bits per heavy atom. The third-order valence-corrected chi connectivity index (χ3v) is 7.47. The van der Waals surface area contributed by atoms with Crippen molar-refractivity contribution in [1.82, 2.24) is 0 Å². The average Bonchev–Trinajstić information content (AvgIpc) is 2.60. The molecule has 0 saturated carbocycles. The molecule has 0 aliphatic heterocycles. The molecule has 4 nitrogen and oxygen atoms in total. The summed E-state index contributed by atoms with van der Waals surface area (Å²) >= 11 is 0. The lowest BCUT2D eigenvalue weighted by atomic mass is 10.1. The third-order valence-electron chi connectivity index (χ3n) is 4.23. The molecule has 26 heavy (non-hydrogen) atoms. The maximum absolute atomic E-state index is 9.74. The van der Waals surface area contributed by atoms with Crippen LogP contribution in [0.1, 0.15) is 38.5 Å². The topological polar surface area (TPSA) is 47.9 Å². The summed E-state index contributed by atoms with van der Waals surface area (Å²) in [6, 6.07) is 6.67. The van der Waals surface area contributed by atoms with E-state index in [0.29, 0.717) is 5.75 Å². The van der Waals surface area contributed by atoms with Gasteiger partial charge in [-0.1, -0.05) is 38.1 Å². The molecule has 6 heteroatoms. The predicted octanol–water partition coefficient (Wildman–Crippen LogP) is 4.34. The second-order valence-electron chi connectivity index (χ2n) is 7.39. The second-order valence-corrected chi connectivity index (χ2v) is 13.3. The van der Waals surface area contributed by atoms with E-state index >= 15 is 0 Å². The molecule has 0 amide bonds. The van der Waals surface area contributed by atoms with Gasteiger partial charge in [0.2, 0.25) is 0 Å². The lowest BCUT2D eigenvalue weighted by Crippen LogP contribution is -2.20. The van der Waals surface area contributed by atoms with E-state index in [9.17, 15) is 5.11 Å². The lowest BCUT2D eigenvalue weighted by molar-refractivity contribution is -0.0441. The summed E-state index contributed by atoms with van der Waals surface area (Å²) in [6.07, 6.45) is 7.38. The van der Waals surface area contributed by atoms with Crippen LogP contribution in [0.2, 0.25) is 6.04 Å². The van der Waals surface area contributed by atoms with Gasteiger partial charge in [0.15, 0.2) is 5.75 Å². The number of hydrogen-bond donors (Lipinski definition) is 1. The smallest absolute Gasteiger partial charge is 0.161 e. The molecule has 0 bridgehead atoms. The summed E-state index contributed by atoms with van der Waals surface area (Å²) in [7, 11) is 2.91. The molecule has 1 N–H and O–H groups in total. The number of aromatic hydroxyl groups is 1. The first kappa shape index (κ1) is 23.4. The molecular weight excluding hydrogens is 363 g/mol. The van der Waals surface area contributed by atoms with Gasteiger partial charge in [0.05, 0.1) is 26.6 Å². The van der Waals surface area contributed by atoms with E-state index in [0.717, 1.165) is 28.3 Å². The van der Waals surface area contributed by atoms with Crippen LogP contribution in [-0.4, -0.2) is 61.4 Å². The molecule has 1 rings (SSSR count). The molecule has 0 heterocycles. The molecule has 0 spiro atoms. The average molecular weight is 400 g/mol. The van der Waals surface area contributed by atoms with E-state index in [-0.39, 0.29) is 5.91 Å². The molecule has 2 radical (unpaired) electrons. The van der Waals surface area contributed by atoms with Gasteiger partial charge in [0.1, 0.15) is 26.5 Å². The fourth-order valence-corrected chi connectivity index (χ4v) is 5.09. The summed E-state index contributed by atoms with van der Waals surface area (Å²) in [5.41, 5.74) is 0. The van der Waals surface area contributed by atoms with Crippen molar-refractivity contribution in [2.45, 2.75) is 50.5 Å². The van der Waals surface area contributed by atoms with Crippen LogP contribution >= 0.6 is 7.26 Å². The summed E-state index contributed by atoms with van der Waals surface area (Å²) < 4.78 is 16.4. The van der Waals surface area contributed by atoms with Gasteiger partial charge in [0.25, 0.3) is 0 Å². The van der Waals surface area contributed by atoms with E-state index < -0.39 is 7.26 Å². The molecule has 0 unspecified atom stereocenters. The van der Waals surface area contributed by atoms with E-state index in [1.54, 1.807) is 20.3 Å². The van der Waals surface area contributed by atoms with Crippen molar-refractivity contribution in [3.63, 3.8) is 0 Å². The molecule has 1 aromatic carbocycles. The minimum absolute atomic E-state index is 0.0208. The Balaban J connectivity index is 2.13. The number of phenolic OH excluding ortho intramolecular Hbond substituents is 1. The van der Waals surface area contributed by atoms with Crippen LogP contribution in [0.15, 0.2) is 18.2 Å². The van der Waals surface area contributed by atoms with Gasteiger partial charge >= 0.3 is 0 Å². The standard InChI is InChI=1S/C20H35O4PSi/c1-22-20(23-2)26-15-11-9-7-6-8-10-14-24-18-13-12-17(21)16-19(18)25(3,4)5/h12-13,16,20H,6-11,14-15H2,1-5H3/p+1. The summed E-state index contributed by atoms with van der Waals surface area (Å²) in [5, 5.41) is 10.9. The molecule has 0 aromatic heterocycles. The Hall–Kier alpha value is -0.613. The van der Waals surface area contributed by atoms with E-state index in [1.807, 2.05) is 12.1 Å². The fourth-order valence-electron chi connectivity index (χ4n) is 2.75. The van der Waals surface area contributed by atoms with Gasteiger partial charge in [-0.25, -0.2) is 0 Å². The van der Waals surface area contributed by atoms with Crippen molar-refractivity contribution in [2.24, 2.45) is 0 Å². The van der Waals surface area contributed by atoms with Crippen LogP contribution in [0.4, 0.5) is 0 Å². The largest absolute Gasteiger partial charge is 0.508 e. The van der Waals surface area contributed by atoms with Gasteiger partial charge in [-0.3, -0.25) is 0 Å². The number of phenols is 1. The molecule has 0 saturated heterocycles. The van der Waals surface area contributed by atoms with E-state index in [2.05, 4.69) is 20.0 Å². The van der Waals surface area contributed by atoms with Gasteiger partial charge in [-0.15, -0.1) is 0 Å². The molecule has 1 aromatic rings. The predicted molar refractivity (Wildman–Crippen MR) is 114 cm³/mol. The molecular formula is C20H36O4PSi+. The first-order chi connectivity index (χ1) is 12.4. The number of unbranched alkanes of at least 4 members (excludes halogenated alkanes) is 5. The fraction of sp³-hybridized carbons (Fsp3) is 0.700. The van der Waals surface area contributed by atoms with E-state index in [4.69, 9.17) is 14.2 Å². The Morgan fingerprint density at radius 3 is 2.19 bits per heavy atom. The Labute approximate surface area is 162 Å². The zero-order chi connectivity index (χ0) is 19.4. The van der Waals surface area contributed by atoms with Crippen LogP contribution in [0.3, 0.4) is 0 Å². The highest BCUT2D eigenvalue weighted by atomic mass is 31.2. The van der Waals surface area contributed by atoms with Crippen LogP contribution in [0, 0.1) is 0 Å². The second kappa shape index (κ2) is 12.7. The van der Waals surface area contributed by atoms with Gasteiger partial charge < -0.3 is 19.3 Å². The zero-order valence-electron chi connectivity index (χ0n) is 17.1. The van der Waals surface area contributed by atoms with Gasteiger partial charge in [-0.2, -0.15) is 0 Å². The summed E-state index contributed by atoms with van der Waals surface area (Å²) in [5.74, 6) is 1.24. The van der Waals surface area contributed by atoms with Crippen LogP contribution < -0.4 is 10.0 Å². The molecule has 0 aliphatic rings. The lowest BCUT2D eigenvalue weighted by Gasteiger charge is -2.17. The third kappa shape index (κ3) is 9.36. The Morgan fingerprint density at radius 2 is 1.58 bits per heavy atom. The molecule has 0 atom stereocenters. The van der Waals surface area contributed by atoms with Crippen molar-refractivity contribution < 1.29 is 19.3 Å².